The largest absolute Gasteiger partial charge is 0.466 e. The highest BCUT2D eigenvalue weighted by Gasteiger charge is 2.27. The van der Waals surface area contributed by atoms with Gasteiger partial charge in [-0.25, -0.2) is 0 Å². The van der Waals surface area contributed by atoms with E-state index < -0.39 is 0 Å². The van der Waals surface area contributed by atoms with Gasteiger partial charge in [0.25, 0.3) is 0 Å². The summed E-state index contributed by atoms with van der Waals surface area (Å²) in [7, 11) is 0. The lowest BCUT2D eigenvalue weighted by molar-refractivity contribution is -0.148. The molecule has 2 heterocycles. The smallest absolute Gasteiger partial charge is 0.309 e. The standard InChI is InChI=1S/C10H14ClN3O2S/c1-2-16-8(15)7-3-5-14(6-4-7)10-12-9(11)17-13-10/h7H,2-6H2,1H3. The normalized spacial score (nSPS) is 17.2. The monoisotopic (exact) mass is 275 g/mol. The summed E-state index contributed by atoms with van der Waals surface area (Å²) < 4.78 is 9.62. The SMILES string of the molecule is CCOC(=O)C1CCN(c2nsc(Cl)n2)CC1. The van der Waals surface area contributed by atoms with Crippen molar-refractivity contribution >= 4 is 35.1 Å². The van der Waals surface area contributed by atoms with E-state index >= 15 is 0 Å². The summed E-state index contributed by atoms with van der Waals surface area (Å²) in [5.74, 6) is 0.596. The quantitative estimate of drug-likeness (QED) is 0.790. The maximum Gasteiger partial charge on any atom is 0.309 e. The van der Waals surface area contributed by atoms with Crippen LogP contribution in [0.4, 0.5) is 5.95 Å². The summed E-state index contributed by atoms with van der Waals surface area (Å²) >= 11 is 6.93. The van der Waals surface area contributed by atoms with Crippen molar-refractivity contribution in [1.29, 1.82) is 0 Å². The minimum atomic E-state index is -0.0866. The summed E-state index contributed by atoms with van der Waals surface area (Å²) in [5.41, 5.74) is 0. The Bertz CT molecular complexity index is 391. The van der Waals surface area contributed by atoms with Gasteiger partial charge in [0.15, 0.2) is 0 Å². The number of piperidine rings is 1. The van der Waals surface area contributed by atoms with Crippen LogP contribution in [0.15, 0.2) is 0 Å². The number of hydrogen-bond acceptors (Lipinski definition) is 6. The molecule has 94 valence electrons. The second kappa shape index (κ2) is 5.64. The summed E-state index contributed by atoms with van der Waals surface area (Å²) in [6.07, 6.45) is 1.57. The van der Waals surface area contributed by atoms with Crippen LogP contribution in [-0.4, -0.2) is 35.0 Å². The van der Waals surface area contributed by atoms with E-state index in [1.165, 1.54) is 11.5 Å². The molecule has 0 atom stereocenters. The third-order valence-corrected chi connectivity index (χ3v) is 3.58. The Morgan fingerprint density at radius 3 is 2.82 bits per heavy atom. The summed E-state index contributed by atoms with van der Waals surface area (Å²) in [5, 5.41) is 0. The molecular weight excluding hydrogens is 262 g/mol. The minimum absolute atomic E-state index is 0.0142. The van der Waals surface area contributed by atoms with Crippen LogP contribution in [0.3, 0.4) is 0 Å². The van der Waals surface area contributed by atoms with E-state index in [9.17, 15) is 4.79 Å². The second-order valence-corrected chi connectivity index (χ2v) is 5.19. The molecule has 0 saturated carbocycles. The molecule has 17 heavy (non-hydrogen) atoms. The van der Waals surface area contributed by atoms with Gasteiger partial charge >= 0.3 is 5.97 Å². The van der Waals surface area contributed by atoms with Gasteiger partial charge in [-0.2, -0.15) is 9.36 Å². The number of carbonyl (C=O) groups excluding carboxylic acids is 1. The molecule has 0 radical (unpaired) electrons. The molecule has 1 fully saturated rings. The van der Waals surface area contributed by atoms with Crippen molar-refractivity contribution in [3.8, 4) is 0 Å². The number of hydrogen-bond donors (Lipinski definition) is 0. The molecule has 1 saturated heterocycles. The Balaban J connectivity index is 1.88. The predicted octanol–water partition coefficient (Wildman–Crippen LogP) is 1.97. The lowest BCUT2D eigenvalue weighted by Crippen LogP contribution is -2.37. The fourth-order valence-corrected chi connectivity index (χ4v) is 2.52. The summed E-state index contributed by atoms with van der Waals surface area (Å²) in [4.78, 5) is 17.7. The van der Waals surface area contributed by atoms with E-state index in [0.29, 0.717) is 17.0 Å². The van der Waals surface area contributed by atoms with Crippen molar-refractivity contribution in [1.82, 2.24) is 9.36 Å². The molecule has 0 aromatic carbocycles. The van der Waals surface area contributed by atoms with E-state index in [0.717, 1.165) is 25.9 Å². The van der Waals surface area contributed by atoms with Crippen LogP contribution in [0.2, 0.25) is 4.47 Å². The number of nitrogens with zero attached hydrogens (tertiary/aromatic N) is 3. The van der Waals surface area contributed by atoms with Crippen molar-refractivity contribution in [3.63, 3.8) is 0 Å². The molecule has 0 spiro atoms. The van der Waals surface area contributed by atoms with Crippen LogP contribution < -0.4 is 4.90 Å². The number of anilines is 1. The van der Waals surface area contributed by atoms with E-state index in [1.807, 2.05) is 6.92 Å². The zero-order chi connectivity index (χ0) is 12.3. The van der Waals surface area contributed by atoms with Crippen molar-refractivity contribution in [2.24, 2.45) is 5.92 Å². The molecule has 0 unspecified atom stereocenters. The van der Waals surface area contributed by atoms with E-state index in [1.54, 1.807) is 0 Å². The Labute approximate surface area is 109 Å². The number of aromatic nitrogens is 2. The lowest BCUT2D eigenvalue weighted by atomic mass is 9.97. The van der Waals surface area contributed by atoms with Crippen molar-refractivity contribution in [3.05, 3.63) is 4.47 Å². The third kappa shape index (κ3) is 3.07. The average molecular weight is 276 g/mol. The Morgan fingerprint density at radius 2 is 2.29 bits per heavy atom. The summed E-state index contributed by atoms with van der Waals surface area (Å²) in [6, 6.07) is 0. The van der Waals surface area contributed by atoms with E-state index in [4.69, 9.17) is 16.3 Å². The first kappa shape index (κ1) is 12.6. The van der Waals surface area contributed by atoms with Gasteiger partial charge in [0, 0.05) is 24.6 Å². The molecule has 1 aromatic rings. The molecule has 1 aliphatic heterocycles. The highest BCUT2D eigenvalue weighted by molar-refractivity contribution is 7.10. The van der Waals surface area contributed by atoms with Gasteiger partial charge < -0.3 is 9.64 Å². The maximum absolute atomic E-state index is 11.6. The number of halogens is 1. The Morgan fingerprint density at radius 1 is 1.59 bits per heavy atom. The van der Waals surface area contributed by atoms with Crippen LogP contribution in [0, 0.1) is 5.92 Å². The number of carbonyl (C=O) groups is 1. The third-order valence-electron chi connectivity index (χ3n) is 2.79. The van der Waals surface area contributed by atoms with Crippen molar-refractivity contribution in [2.45, 2.75) is 19.8 Å². The zero-order valence-electron chi connectivity index (χ0n) is 9.56. The number of ether oxygens (including phenoxy) is 1. The molecule has 0 bridgehead atoms. The molecule has 2 rings (SSSR count). The van der Waals surface area contributed by atoms with E-state index in [2.05, 4.69) is 14.3 Å². The van der Waals surface area contributed by atoms with Gasteiger partial charge in [0.1, 0.15) is 0 Å². The Hall–Kier alpha value is -0.880. The van der Waals surface area contributed by atoms with Gasteiger partial charge in [0.05, 0.1) is 12.5 Å². The maximum atomic E-state index is 11.6. The first-order chi connectivity index (χ1) is 8.20. The minimum Gasteiger partial charge on any atom is -0.466 e. The first-order valence-corrected chi connectivity index (χ1v) is 6.76. The van der Waals surface area contributed by atoms with E-state index in [-0.39, 0.29) is 11.9 Å². The number of esters is 1. The molecule has 0 N–H and O–H groups in total. The fourth-order valence-electron chi connectivity index (χ4n) is 1.90. The van der Waals surface area contributed by atoms with Crippen LogP contribution in [-0.2, 0) is 9.53 Å². The topological polar surface area (TPSA) is 55.3 Å². The molecule has 5 nitrogen and oxygen atoms in total. The van der Waals surface area contributed by atoms with Gasteiger partial charge in [-0.1, -0.05) is 0 Å². The van der Waals surface area contributed by atoms with Crippen LogP contribution >= 0.6 is 23.1 Å². The average Bonchev–Trinajstić information content (AvgIpc) is 2.76. The highest BCUT2D eigenvalue weighted by atomic mass is 35.5. The van der Waals surface area contributed by atoms with Gasteiger partial charge in [-0.05, 0) is 31.4 Å². The van der Waals surface area contributed by atoms with Crippen molar-refractivity contribution < 1.29 is 9.53 Å². The first-order valence-electron chi connectivity index (χ1n) is 5.61. The zero-order valence-corrected chi connectivity index (χ0v) is 11.1. The van der Waals surface area contributed by atoms with Crippen molar-refractivity contribution in [2.75, 3.05) is 24.6 Å². The van der Waals surface area contributed by atoms with Crippen LogP contribution in [0.25, 0.3) is 0 Å². The van der Waals surface area contributed by atoms with Crippen LogP contribution in [0.1, 0.15) is 19.8 Å². The molecule has 0 aliphatic carbocycles. The molecule has 7 heteroatoms. The second-order valence-electron chi connectivity index (χ2n) is 3.86. The predicted molar refractivity (Wildman–Crippen MR) is 66.5 cm³/mol. The van der Waals surface area contributed by atoms with Gasteiger partial charge in [-0.3, -0.25) is 4.79 Å². The van der Waals surface area contributed by atoms with Gasteiger partial charge in [-0.15, -0.1) is 0 Å². The Kier molecular flexibility index (Phi) is 4.17. The fraction of sp³-hybridized carbons (Fsp3) is 0.700. The lowest BCUT2D eigenvalue weighted by Gasteiger charge is -2.29. The van der Waals surface area contributed by atoms with Crippen LogP contribution in [0.5, 0.6) is 0 Å². The molecule has 0 amide bonds. The highest BCUT2D eigenvalue weighted by Crippen LogP contribution is 2.24. The van der Waals surface area contributed by atoms with Gasteiger partial charge in [0.2, 0.25) is 10.4 Å². The number of rotatable bonds is 3. The summed E-state index contributed by atoms with van der Waals surface area (Å²) in [6.45, 7) is 3.82. The molecule has 1 aromatic heterocycles. The molecule has 1 aliphatic rings. The molecular formula is C10H14ClN3O2S.